The van der Waals surface area contributed by atoms with Gasteiger partial charge in [0, 0.05) is 25.2 Å². The van der Waals surface area contributed by atoms with Gasteiger partial charge >= 0.3 is 24.3 Å². The molecule has 0 saturated carbocycles. The summed E-state index contributed by atoms with van der Waals surface area (Å²) in [5.74, 6) is -4.41. The van der Waals surface area contributed by atoms with Crippen LogP contribution < -0.4 is 0 Å². The van der Waals surface area contributed by atoms with Crippen LogP contribution >= 0.6 is 0 Å². The van der Waals surface area contributed by atoms with Gasteiger partial charge in [0.05, 0.1) is 38.0 Å². The molecule has 1 aromatic heterocycles. The number of pyridine rings is 1. The zero-order valence-corrected chi connectivity index (χ0v) is 20.0. The number of likely N-dealkylation sites (tertiary alicyclic amines) is 1. The number of carboxylic acid groups (broad SMARTS) is 2. The van der Waals surface area contributed by atoms with Gasteiger partial charge in [-0.15, -0.1) is 0 Å². The molecule has 2 N–H and O–H groups in total. The molecule has 3 aliphatic rings. The lowest BCUT2D eigenvalue weighted by atomic mass is 9.83. The topological polar surface area (TPSA) is 130 Å². The van der Waals surface area contributed by atoms with Crippen molar-refractivity contribution < 1.29 is 60.5 Å². The number of carboxylic acids is 2. The largest absolute Gasteiger partial charge is 0.490 e. The molecule has 3 atom stereocenters. The van der Waals surface area contributed by atoms with E-state index < -0.39 is 24.3 Å². The highest BCUT2D eigenvalue weighted by Gasteiger charge is 2.42. The van der Waals surface area contributed by atoms with Gasteiger partial charge in [-0.05, 0) is 37.4 Å². The summed E-state index contributed by atoms with van der Waals surface area (Å²) < 4.78 is 69.5. The van der Waals surface area contributed by atoms with E-state index in [4.69, 9.17) is 29.4 Å². The molecule has 16 heteroatoms. The van der Waals surface area contributed by atoms with E-state index in [-0.39, 0.29) is 12.0 Å². The molecule has 10 nitrogen and oxygen atoms in total. The summed E-state index contributed by atoms with van der Waals surface area (Å²) in [6.07, 6.45) is -5.77. The maximum Gasteiger partial charge on any atom is 0.490 e. The van der Waals surface area contributed by atoms with Crippen molar-refractivity contribution in [1.82, 2.24) is 14.9 Å². The van der Waals surface area contributed by atoms with Crippen molar-refractivity contribution in [3.05, 3.63) is 30.1 Å². The maximum atomic E-state index is 12.3. The van der Waals surface area contributed by atoms with E-state index >= 15 is 0 Å². The molecule has 3 aliphatic heterocycles. The minimum atomic E-state index is -5.08. The summed E-state index contributed by atoms with van der Waals surface area (Å²) in [6.45, 7) is 5.12. The lowest BCUT2D eigenvalue weighted by Crippen LogP contribution is -2.42. The number of hydrogen-bond donors (Lipinski definition) is 2. The van der Waals surface area contributed by atoms with Crippen molar-refractivity contribution in [2.24, 2.45) is 11.8 Å². The normalized spacial score (nSPS) is 23.4. The molecule has 1 amide bonds. The number of hydroxylamine groups is 2. The highest BCUT2D eigenvalue weighted by molar-refractivity contribution is 5.76. The van der Waals surface area contributed by atoms with Crippen molar-refractivity contribution in [2.45, 2.75) is 44.3 Å². The number of carbonyl (C=O) groups is 3. The highest BCUT2D eigenvalue weighted by Crippen LogP contribution is 2.36. The molecule has 0 aliphatic carbocycles. The van der Waals surface area contributed by atoms with Crippen LogP contribution in [-0.4, -0.2) is 94.3 Å². The monoisotopic (exact) mass is 559 g/mol. The standard InChI is InChI=1S/C18H25N3O3.2C2HF3O2/c22-18(21-7-3-9-24-21)10-17-16-5-8-20(11-14(16)13-23-17)12-15-4-1-2-6-19-15;2*3-2(4,5)1(6)7/h1-2,4,6,14,16-17H,3,5,7-13H2;2*(H,6,7)/t14-,16-,17-;;/m1../s1. The minimum absolute atomic E-state index is 0.0590. The quantitative estimate of drug-likeness (QED) is 0.535. The predicted octanol–water partition coefficient (Wildman–Crippen LogP) is 2.74. The number of rotatable bonds is 4. The molecule has 0 bridgehead atoms. The van der Waals surface area contributed by atoms with Crippen molar-refractivity contribution in [3.63, 3.8) is 0 Å². The lowest BCUT2D eigenvalue weighted by molar-refractivity contribution is -0.193. The fourth-order valence-corrected chi connectivity index (χ4v) is 4.15. The molecule has 0 spiro atoms. The Morgan fingerprint density at radius 1 is 1.03 bits per heavy atom. The zero-order chi connectivity index (χ0) is 28.5. The molecule has 3 saturated heterocycles. The summed E-state index contributed by atoms with van der Waals surface area (Å²) >= 11 is 0. The fourth-order valence-electron chi connectivity index (χ4n) is 4.15. The van der Waals surface area contributed by atoms with Gasteiger partial charge in [0.25, 0.3) is 0 Å². The number of hydrogen-bond acceptors (Lipinski definition) is 7. The van der Waals surface area contributed by atoms with Crippen LogP contribution in [0, 0.1) is 11.8 Å². The second-order valence-electron chi connectivity index (χ2n) is 8.63. The summed E-state index contributed by atoms with van der Waals surface area (Å²) in [5.41, 5.74) is 1.12. The molecular formula is C22H27F6N3O7. The van der Waals surface area contributed by atoms with Gasteiger partial charge in [-0.1, -0.05) is 6.07 Å². The van der Waals surface area contributed by atoms with E-state index in [9.17, 15) is 31.1 Å². The van der Waals surface area contributed by atoms with Crippen LogP contribution in [0.3, 0.4) is 0 Å². The van der Waals surface area contributed by atoms with Gasteiger partial charge in [-0.2, -0.15) is 26.3 Å². The number of ether oxygens (including phenoxy) is 1. The average Bonchev–Trinajstić information content (AvgIpc) is 3.50. The van der Waals surface area contributed by atoms with Crippen LogP contribution in [0.1, 0.15) is 25.0 Å². The van der Waals surface area contributed by atoms with Gasteiger partial charge in [0.15, 0.2) is 0 Å². The minimum Gasteiger partial charge on any atom is -0.475 e. The second kappa shape index (κ2) is 13.7. The van der Waals surface area contributed by atoms with Crippen LogP contribution in [0.5, 0.6) is 0 Å². The van der Waals surface area contributed by atoms with Crippen LogP contribution in [0.25, 0.3) is 0 Å². The summed E-state index contributed by atoms with van der Waals surface area (Å²) in [7, 11) is 0. The van der Waals surface area contributed by atoms with Crippen molar-refractivity contribution >= 4 is 17.8 Å². The van der Waals surface area contributed by atoms with E-state index in [0.717, 1.165) is 51.3 Å². The SMILES string of the molecule is O=C(C[C@H]1OC[C@H]2CN(Cc3ccccn3)CC[C@H]21)N1CCCO1.O=C(O)C(F)(F)F.O=C(O)C(F)(F)F. The van der Waals surface area contributed by atoms with Gasteiger partial charge < -0.3 is 14.9 Å². The van der Waals surface area contributed by atoms with Gasteiger partial charge in [-0.3, -0.25) is 19.5 Å². The number of aromatic nitrogens is 1. The molecule has 3 fully saturated rings. The smallest absolute Gasteiger partial charge is 0.475 e. The highest BCUT2D eigenvalue weighted by atomic mass is 19.4. The first kappa shape index (κ1) is 31.2. The molecular weight excluding hydrogens is 532 g/mol. The third-order valence-corrected chi connectivity index (χ3v) is 5.88. The third-order valence-electron chi connectivity index (χ3n) is 5.88. The number of amides is 1. The first-order chi connectivity index (χ1) is 17.7. The molecule has 38 heavy (non-hydrogen) atoms. The van der Waals surface area contributed by atoms with Crippen LogP contribution in [0.4, 0.5) is 26.3 Å². The number of halogens is 6. The fraction of sp³-hybridized carbons (Fsp3) is 0.636. The Morgan fingerprint density at radius 2 is 1.66 bits per heavy atom. The molecule has 0 unspecified atom stereocenters. The Morgan fingerprint density at radius 3 is 2.16 bits per heavy atom. The van der Waals surface area contributed by atoms with E-state index in [1.807, 2.05) is 18.3 Å². The maximum absolute atomic E-state index is 12.3. The number of carbonyl (C=O) groups excluding carboxylic acids is 1. The average molecular weight is 559 g/mol. The van der Waals surface area contributed by atoms with Crippen molar-refractivity contribution in [3.8, 4) is 0 Å². The predicted molar refractivity (Wildman–Crippen MR) is 115 cm³/mol. The van der Waals surface area contributed by atoms with E-state index in [1.54, 1.807) is 0 Å². The first-order valence-corrected chi connectivity index (χ1v) is 11.5. The van der Waals surface area contributed by atoms with E-state index in [2.05, 4.69) is 16.0 Å². The Kier molecular flexibility index (Phi) is 11.3. The third kappa shape index (κ3) is 10.1. The van der Waals surface area contributed by atoms with Crippen molar-refractivity contribution in [1.29, 1.82) is 0 Å². The van der Waals surface area contributed by atoms with Crippen LogP contribution in [-0.2, 0) is 30.5 Å². The second-order valence-corrected chi connectivity index (χ2v) is 8.63. The number of fused-ring (bicyclic) bond motifs is 1. The number of piperidine rings is 1. The van der Waals surface area contributed by atoms with E-state index in [0.29, 0.717) is 24.9 Å². The summed E-state index contributed by atoms with van der Waals surface area (Å²) in [5, 5.41) is 15.8. The molecule has 214 valence electrons. The summed E-state index contributed by atoms with van der Waals surface area (Å²) in [6, 6.07) is 6.07. The van der Waals surface area contributed by atoms with E-state index in [1.165, 1.54) is 5.06 Å². The number of aliphatic carboxylic acids is 2. The zero-order valence-electron chi connectivity index (χ0n) is 20.0. The molecule has 1 aromatic rings. The Bertz CT molecular complexity index is 902. The van der Waals surface area contributed by atoms with Crippen molar-refractivity contribution in [2.75, 3.05) is 32.8 Å². The Balaban J connectivity index is 0.000000301. The van der Waals surface area contributed by atoms with Gasteiger partial charge in [0.2, 0.25) is 5.91 Å². The number of nitrogens with zero attached hydrogens (tertiary/aromatic N) is 3. The summed E-state index contributed by atoms with van der Waals surface area (Å²) in [4.78, 5) is 42.3. The molecule has 0 radical (unpaired) electrons. The van der Waals surface area contributed by atoms with Crippen LogP contribution in [0.15, 0.2) is 24.4 Å². The molecule has 4 rings (SSSR count). The Labute approximate surface area is 213 Å². The lowest BCUT2D eigenvalue weighted by Gasteiger charge is -2.35. The first-order valence-electron chi connectivity index (χ1n) is 11.5. The molecule has 0 aromatic carbocycles. The number of alkyl halides is 6. The molecule has 4 heterocycles. The van der Waals surface area contributed by atoms with Gasteiger partial charge in [-0.25, -0.2) is 14.7 Å². The Hall–Kier alpha value is -2.98. The van der Waals surface area contributed by atoms with Gasteiger partial charge in [0.1, 0.15) is 0 Å². The van der Waals surface area contributed by atoms with Crippen LogP contribution in [0.2, 0.25) is 0 Å².